The van der Waals surface area contributed by atoms with Crippen molar-refractivity contribution in [1.82, 2.24) is 5.32 Å². The van der Waals surface area contributed by atoms with Crippen LogP contribution in [-0.2, 0) is 9.53 Å². The summed E-state index contributed by atoms with van der Waals surface area (Å²) in [7, 11) is 0. The van der Waals surface area contributed by atoms with Crippen molar-refractivity contribution in [1.29, 1.82) is 0 Å². The smallest absolute Gasteiger partial charge is 0.372 e. The number of carbonyl (C=O) groups is 1. The van der Waals surface area contributed by atoms with Crippen molar-refractivity contribution in [2.45, 2.75) is 50.4 Å². The van der Waals surface area contributed by atoms with Crippen LogP contribution in [0.25, 0.3) is 0 Å². The molecule has 0 aromatic carbocycles. The fourth-order valence-corrected chi connectivity index (χ4v) is 1.97. The first-order valence-corrected chi connectivity index (χ1v) is 6.08. The van der Waals surface area contributed by atoms with Gasteiger partial charge < -0.3 is 15.8 Å². The Bertz CT molecular complexity index is 272. The zero-order valence-electron chi connectivity index (χ0n) is 10.1. The summed E-state index contributed by atoms with van der Waals surface area (Å²) in [4.78, 5) is 11.5. The predicted octanol–water partition coefficient (Wildman–Crippen LogP) is 1.34. The molecule has 2 unspecified atom stereocenters. The van der Waals surface area contributed by atoms with Crippen LogP contribution in [-0.4, -0.2) is 37.4 Å². The van der Waals surface area contributed by atoms with Gasteiger partial charge in [-0.25, -0.2) is 0 Å². The quantitative estimate of drug-likeness (QED) is 0.740. The fraction of sp³-hybridized carbons (Fsp3) is 0.909. The van der Waals surface area contributed by atoms with Crippen LogP contribution in [0.5, 0.6) is 0 Å². The third-order valence-corrected chi connectivity index (χ3v) is 2.90. The normalized spacial score (nSPS) is 24.9. The first-order valence-electron chi connectivity index (χ1n) is 6.08. The van der Waals surface area contributed by atoms with Crippen molar-refractivity contribution < 1.29 is 22.7 Å². The second-order valence-electron chi connectivity index (χ2n) is 4.54. The molecule has 0 bridgehead atoms. The highest BCUT2D eigenvalue weighted by Gasteiger charge is 2.27. The first-order chi connectivity index (χ1) is 8.38. The molecule has 0 aromatic heterocycles. The van der Waals surface area contributed by atoms with Crippen LogP contribution in [0.2, 0.25) is 0 Å². The van der Waals surface area contributed by atoms with E-state index < -0.39 is 12.8 Å². The standard InChI is InChI=1S/C11H19F3N2O2/c12-11(13,14)7-18-6-5-10(17)16-9-4-2-1-3-8(9)15/h8-9H,1-7,15H2,(H,16,17). The van der Waals surface area contributed by atoms with Gasteiger partial charge in [-0.3, -0.25) is 4.79 Å². The van der Waals surface area contributed by atoms with E-state index in [4.69, 9.17) is 5.73 Å². The minimum atomic E-state index is -4.35. The summed E-state index contributed by atoms with van der Waals surface area (Å²) in [6, 6.07) is -0.118. The number of ether oxygens (including phenoxy) is 1. The van der Waals surface area contributed by atoms with Crippen molar-refractivity contribution >= 4 is 5.91 Å². The molecule has 1 amide bonds. The van der Waals surface area contributed by atoms with Crippen LogP contribution < -0.4 is 11.1 Å². The lowest BCUT2D eigenvalue weighted by atomic mass is 9.91. The molecule has 4 nitrogen and oxygen atoms in total. The Hall–Kier alpha value is -0.820. The number of amides is 1. The Kier molecular flexibility index (Phi) is 5.87. The highest BCUT2D eigenvalue weighted by Crippen LogP contribution is 2.17. The number of carbonyl (C=O) groups excluding carboxylic acids is 1. The van der Waals surface area contributed by atoms with Crippen molar-refractivity contribution in [3.05, 3.63) is 0 Å². The van der Waals surface area contributed by atoms with Crippen molar-refractivity contribution in [3.63, 3.8) is 0 Å². The van der Waals surface area contributed by atoms with Gasteiger partial charge in [0.05, 0.1) is 6.61 Å². The third kappa shape index (κ3) is 6.20. The molecule has 7 heteroatoms. The summed E-state index contributed by atoms with van der Waals surface area (Å²) < 4.78 is 39.7. The van der Waals surface area contributed by atoms with Gasteiger partial charge in [0.15, 0.2) is 0 Å². The van der Waals surface area contributed by atoms with Crippen LogP contribution in [0.3, 0.4) is 0 Å². The molecule has 1 aliphatic carbocycles. The lowest BCUT2D eigenvalue weighted by Gasteiger charge is -2.29. The van der Waals surface area contributed by atoms with Crippen LogP contribution in [0.1, 0.15) is 32.1 Å². The predicted molar refractivity (Wildman–Crippen MR) is 59.9 cm³/mol. The lowest BCUT2D eigenvalue weighted by Crippen LogP contribution is -2.49. The van der Waals surface area contributed by atoms with E-state index in [0.717, 1.165) is 25.7 Å². The van der Waals surface area contributed by atoms with Crippen molar-refractivity contribution in [2.24, 2.45) is 5.73 Å². The molecule has 0 aliphatic heterocycles. The second kappa shape index (κ2) is 6.94. The molecule has 1 rings (SSSR count). The summed E-state index contributed by atoms with van der Waals surface area (Å²) in [6.07, 6.45) is -0.640. The molecule has 2 atom stereocenters. The van der Waals surface area contributed by atoms with E-state index in [1.165, 1.54) is 0 Å². The minimum Gasteiger partial charge on any atom is -0.372 e. The SMILES string of the molecule is NC1CCCCC1NC(=O)CCOCC(F)(F)F. The average Bonchev–Trinajstić information content (AvgIpc) is 2.26. The van der Waals surface area contributed by atoms with E-state index >= 15 is 0 Å². The van der Waals surface area contributed by atoms with Crippen LogP contribution >= 0.6 is 0 Å². The van der Waals surface area contributed by atoms with Gasteiger partial charge in [0, 0.05) is 18.5 Å². The topological polar surface area (TPSA) is 64.3 Å². The zero-order valence-corrected chi connectivity index (χ0v) is 10.1. The number of hydrogen-bond donors (Lipinski definition) is 2. The van der Waals surface area contributed by atoms with Crippen molar-refractivity contribution in [3.8, 4) is 0 Å². The number of halogens is 3. The maximum atomic E-state index is 11.8. The first kappa shape index (κ1) is 15.2. The van der Waals surface area contributed by atoms with E-state index in [-0.39, 0.29) is 31.0 Å². The van der Waals surface area contributed by atoms with Gasteiger partial charge in [0.1, 0.15) is 6.61 Å². The Morgan fingerprint density at radius 3 is 2.61 bits per heavy atom. The largest absolute Gasteiger partial charge is 0.411 e. The van der Waals surface area contributed by atoms with E-state index in [1.54, 1.807) is 0 Å². The van der Waals surface area contributed by atoms with Crippen LogP contribution in [0.15, 0.2) is 0 Å². The molecule has 0 heterocycles. The van der Waals surface area contributed by atoms with Crippen LogP contribution in [0, 0.1) is 0 Å². The van der Waals surface area contributed by atoms with E-state index in [2.05, 4.69) is 10.1 Å². The van der Waals surface area contributed by atoms with E-state index in [0.29, 0.717) is 0 Å². The summed E-state index contributed by atoms with van der Waals surface area (Å²) in [5.74, 6) is -0.306. The molecule has 18 heavy (non-hydrogen) atoms. The zero-order chi connectivity index (χ0) is 13.6. The molecule has 1 aliphatic rings. The molecule has 3 N–H and O–H groups in total. The maximum absolute atomic E-state index is 11.8. The number of nitrogens with one attached hydrogen (secondary N) is 1. The second-order valence-corrected chi connectivity index (χ2v) is 4.54. The highest BCUT2D eigenvalue weighted by atomic mass is 19.4. The van der Waals surface area contributed by atoms with Gasteiger partial charge in [-0.05, 0) is 12.8 Å². The van der Waals surface area contributed by atoms with E-state index in [9.17, 15) is 18.0 Å². The van der Waals surface area contributed by atoms with Gasteiger partial charge in [-0.15, -0.1) is 0 Å². The maximum Gasteiger partial charge on any atom is 0.411 e. The van der Waals surface area contributed by atoms with Gasteiger partial charge in [0.25, 0.3) is 0 Å². The number of alkyl halides is 3. The lowest BCUT2D eigenvalue weighted by molar-refractivity contribution is -0.174. The Morgan fingerprint density at radius 2 is 2.00 bits per heavy atom. The summed E-state index contributed by atoms with van der Waals surface area (Å²) >= 11 is 0. The van der Waals surface area contributed by atoms with Gasteiger partial charge in [-0.1, -0.05) is 12.8 Å². The molecule has 1 saturated carbocycles. The number of nitrogens with two attached hydrogens (primary N) is 1. The summed E-state index contributed by atoms with van der Waals surface area (Å²) in [5, 5.41) is 2.74. The van der Waals surface area contributed by atoms with Crippen molar-refractivity contribution in [2.75, 3.05) is 13.2 Å². The van der Waals surface area contributed by atoms with E-state index in [1.807, 2.05) is 0 Å². The Balaban J connectivity index is 2.13. The highest BCUT2D eigenvalue weighted by molar-refractivity contribution is 5.76. The van der Waals surface area contributed by atoms with Gasteiger partial charge in [0.2, 0.25) is 5.91 Å². The molecule has 106 valence electrons. The molecule has 0 aromatic rings. The molecule has 0 spiro atoms. The number of hydrogen-bond acceptors (Lipinski definition) is 3. The molecule has 1 fully saturated rings. The molecular weight excluding hydrogens is 249 g/mol. The number of rotatable bonds is 5. The molecular formula is C11H19F3N2O2. The average molecular weight is 268 g/mol. The summed E-state index contributed by atoms with van der Waals surface area (Å²) in [5.41, 5.74) is 5.84. The molecule has 0 radical (unpaired) electrons. The van der Waals surface area contributed by atoms with Gasteiger partial charge in [-0.2, -0.15) is 13.2 Å². The van der Waals surface area contributed by atoms with Gasteiger partial charge >= 0.3 is 6.18 Å². The monoisotopic (exact) mass is 268 g/mol. The third-order valence-electron chi connectivity index (χ3n) is 2.90. The molecule has 0 saturated heterocycles. The Labute approximate surface area is 104 Å². The Morgan fingerprint density at radius 1 is 1.33 bits per heavy atom. The summed E-state index contributed by atoms with van der Waals surface area (Å²) in [6.45, 7) is -1.55. The minimum absolute atomic E-state index is 0.0567. The fourth-order valence-electron chi connectivity index (χ4n) is 1.97. The van der Waals surface area contributed by atoms with Crippen LogP contribution in [0.4, 0.5) is 13.2 Å².